The topological polar surface area (TPSA) is 131 Å². The molecule has 3 N–H and O–H groups in total. The first kappa shape index (κ1) is 59.8. The summed E-state index contributed by atoms with van der Waals surface area (Å²) in [5, 5.41) is 6.89. The predicted molar refractivity (Wildman–Crippen MR) is 346 cm³/mol. The third kappa shape index (κ3) is 12.4. The second-order valence-corrected chi connectivity index (χ2v) is 23.9. The zero-order chi connectivity index (χ0) is 59.3. The van der Waals surface area contributed by atoms with E-state index in [1.807, 2.05) is 6.92 Å². The average Bonchev–Trinajstić information content (AvgIpc) is 3.55. The number of hydrogen-bond donors (Lipinski definition) is 3. The van der Waals surface area contributed by atoms with Gasteiger partial charge in [0.15, 0.2) is 11.6 Å². The van der Waals surface area contributed by atoms with E-state index < -0.39 is 10.1 Å². The summed E-state index contributed by atoms with van der Waals surface area (Å²) in [4.78, 5) is 39.0. The third-order valence-electron chi connectivity index (χ3n) is 17.0. The van der Waals surface area contributed by atoms with Crippen LogP contribution in [0.2, 0.25) is 0 Å². The monoisotopic (exact) mass is 1130 g/mol. The second-order valence-electron chi connectivity index (χ2n) is 22.5. The lowest BCUT2D eigenvalue weighted by Crippen LogP contribution is -2.24. The van der Waals surface area contributed by atoms with Gasteiger partial charge in [0.2, 0.25) is 0 Å². The van der Waals surface area contributed by atoms with Crippen molar-refractivity contribution in [3.63, 3.8) is 0 Å². The minimum atomic E-state index is -4.56. The maximum absolute atomic E-state index is 14.6. The molecule has 10 nitrogen and oxygen atoms in total. The standard InChI is InChI=1S/C72H81N5O5S/c1-12-17-23-51(13-2)44-73-62-36-35-59(57-25-18-19-26-58(57)62)65(56-34-33-55(43-45(56)6)76(14-3)15-4)53-29-31-54(32-30-53)77(16-5)39-22-24-52-41-47(8)68(48(9)42-52)74-63-37-38-64(67-66(63)70(78)60-27-20-21-28-61(60)71(67)79)75-69-46(7)40-49(10)72(50(69)11)83(80,81)82/h18-21,25-38,40-43,51,74-75H,12-17,22-24,39,44H2,1-11H3,(H,80,81,82). The number of benzene rings is 7. The summed E-state index contributed by atoms with van der Waals surface area (Å²) in [6.45, 7) is 27.1. The van der Waals surface area contributed by atoms with Crippen molar-refractivity contribution in [1.82, 2.24) is 0 Å². The van der Waals surface area contributed by atoms with Crippen LogP contribution in [0.25, 0.3) is 11.1 Å². The van der Waals surface area contributed by atoms with E-state index >= 15 is 0 Å². The molecule has 0 aliphatic heterocycles. The summed E-state index contributed by atoms with van der Waals surface area (Å²) < 4.78 is 35.2. The van der Waals surface area contributed by atoms with Gasteiger partial charge in [-0.05, 0) is 197 Å². The molecule has 7 aromatic carbocycles. The highest BCUT2D eigenvalue weighted by Crippen LogP contribution is 2.43. The van der Waals surface area contributed by atoms with Crippen molar-refractivity contribution >= 4 is 72.7 Å². The van der Waals surface area contributed by atoms with Crippen LogP contribution in [0.3, 0.4) is 0 Å². The molecule has 0 bridgehead atoms. The Morgan fingerprint density at radius 2 is 1.16 bits per heavy atom. The predicted octanol–water partition coefficient (Wildman–Crippen LogP) is 16.9. The smallest absolute Gasteiger partial charge is 0.295 e. The van der Waals surface area contributed by atoms with E-state index in [4.69, 9.17) is 4.99 Å². The fraction of sp³-hybridized carbons (Fsp3) is 0.319. The van der Waals surface area contributed by atoms with E-state index in [1.54, 1.807) is 56.3 Å². The highest BCUT2D eigenvalue weighted by molar-refractivity contribution is 7.86. The van der Waals surface area contributed by atoms with Crippen LogP contribution in [0.5, 0.6) is 0 Å². The highest BCUT2D eigenvalue weighted by atomic mass is 32.2. The van der Waals surface area contributed by atoms with Crippen LogP contribution in [-0.4, -0.2) is 63.0 Å². The molecule has 7 aromatic rings. The van der Waals surface area contributed by atoms with Crippen molar-refractivity contribution in [2.45, 2.75) is 120 Å². The van der Waals surface area contributed by atoms with Gasteiger partial charge in [-0.3, -0.25) is 19.1 Å². The molecule has 0 saturated heterocycles. The molecular weight excluding hydrogens is 1050 g/mol. The van der Waals surface area contributed by atoms with Gasteiger partial charge in [-0.2, -0.15) is 8.42 Å². The summed E-state index contributed by atoms with van der Waals surface area (Å²) in [7, 11) is -4.56. The Labute approximate surface area is 493 Å². The van der Waals surface area contributed by atoms with Crippen molar-refractivity contribution in [1.29, 1.82) is 0 Å². The van der Waals surface area contributed by atoms with Gasteiger partial charge in [0.05, 0.1) is 28.2 Å². The Morgan fingerprint density at radius 1 is 0.590 bits per heavy atom. The van der Waals surface area contributed by atoms with E-state index in [0.29, 0.717) is 50.8 Å². The molecule has 0 heterocycles. The first-order valence-corrected chi connectivity index (χ1v) is 31.2. The minimum Gasteiger partial charge on any atom is -0.372 e. The van der Waals surface area contributed by atoms with Gasteiger partial charge >= 0.3 is 0 Å². The van der Waals surface area contributed by atoms with Gasteiger partial charge in [-0.15, -0.1) is 0 Å². The van der Waals surface area contributed by atoms with E-state index in [1.165, 1.54) is 75.2 Å². The number of unbranched alkanes of at least 4 members (excludes halogenated alkanes) is 1. The van der Waals surface area contributed by atoms with Crippen LogP contribution in [-0.2, 0) is 16.5 Å². The zero-order valence-corrected chi connectivity index (χ0v) is 51.2. The Morgan fingerprint density at radius 3 is 1.72 bits per heavy atom. The Balaban J connectivity index is 0.968. The first-order chi connectivity index (χ1) is 39.9. The molecule has 0 amide bonds. The van der Waals surface area contributed by atoms with Gasteiger partial charge < -0.3 is 20.4 Å². The number of nitrogens with one attached hydrogen (secondary N) is 2. The number of ketones is 2. The first-order valence-electron chi connectivity index (χ1n) is 29.8. The number of anilines is 6. The van der Waals surface area contributed by atoms with E-state index in [9.17, 15) is 22.6 Å². The lowest BCUT2D eigenvalue weighted by atomic mass is 9.82. The number of rotatable bonds is 22. The number of hydrogen-bond acceptors (Lipinski definition) is 9. The average molecular weight is 1130 g/mol. The molecule has 1 unspecified atom stereocenters. The molecule has 83 heavy (non-hydrogen) atoms. The summed E-state index contributed by atoms with van der Waals surface area (Å²) >= 11 is 0. The Bertz CT molecular complexity index is 3810. The molecule has 0 radical (unpaired) electrons. The van der Waals surface area contributed by atoms with Gasteiger partial charge in [0, 0.05) is 72.2 Å². The van der Waals surface area contributed by atoms with Crippen molar-refractivity contribution in [2.24, 2.45) is 10.9 Å². The van der Waals surface area contributed by atoms with Gasteiger partial charge in [-0.1, -0.05) is 124 Å². The highest BCUT2D eigenvalue weighted by Gasteiger charge is 2.35. The summed E-state index contributed by atoms with van der Waals surface area (Å²) in [6.07, 6.45) is 11.1. The van der Waals surface area contributed by atoms with Crippen LogP contribution >= 0.6 is 0 Å². The molecule has 0 fully saturated rings. The molecule has 9 rings (SSSR count). The minimum absolute atomic E-state index is 0.187. The number of aryl methyl sites for hydroxylation is 6. The zero-order valence-electron chi connectivity index (χ0n) is 50.4. The molecule has 0 aromatic heterocycles. The van der Waals surface area contributed by atoms with Crippen molar-refractivity contribution in [3.05, 3.63) is 217 Å². The molecule has 2 aliphatic carbocycles. The number of carbonyl (C=O) groups excluding carboxylic acids is 2. The molecule has 11 heteroatoms. The van der Waals surface area contributed by atoms with Gasteiger partial charge in [0.1, 0.15) is 4.90 Å². The lowest BCUT2D eigenvalue weighted by molar-refractivity contribution is 0.0980. The van der Waals surface area contributed by atoms with Crippen molar-refractivity contribution in [2.75, 3.05) is 53.2 Å². The van der Waals surface area contributed by atoms with E-state index in [-0.39, 0.29) is 27.6 Å². The van der Waals surface area contributed by atoms with E-state index in [0.717, 1.165) is 74.5 Å². The summed E-state index contributed by atoms with van der Waals surface area (Å²) in [5.41, 5.74) is 19.7. The number of nitrogens with zero attached hydrogens (tertiary/aromatic N) is 3. The maximum atomic E-state index is 14.6. The van der Waals surface area contributed by atoms with Crippen LogP contribution < -0.4 is 20.4 Å². The van der Waals surface area contributed by atoms with Crippen molar-refractivity contribution < 1.29 is 22.6 Å². The van der Waals surface area contributed by atoms with Crippen LogP contribution in [0, 0.1) is 47.5 Å². The third-order valence-corrected chi connectivity index (χ3v) is 18.1. The van der Waals surface area contributed by atoms with Crippen LogP contribution in [0.15, 0.2) is 143 Å². The largest absolute Gasteiger partial charge is 0.372 e. The lowest BCUT2D eigenvalue weighted by Gasteiger charge is -2.26. The van der Waals surface area contributed by atoms with Crippen LogP contribution in [0.4, 0.5) is 34.1 Å². The molecular formula is C72H81N5O5S. The number of aliphatic imine (C=N–C) groups is 1. The summed E-state index contributed by atoms with van der Waals surface area (Å²) in [6, 6.07) is 41.3. The SMILES string of the molecule is CCCCC(CC)CN=C1C=CC(=C(c2ccc(N(CC)CCCc3cc(C)c(Nc4ccc(Nc5c(C)cc(C)c(S(=O)(=O)O)c5C)c5c4C(=O)c4ccccc4C5=O)c(C)c3)cc2)c2ccc(N(CC)CC)cc2C)c2ccccc21. The maximum Gasteiger partial charge on any atom is 0.295 e. The molecule has 0 saturated carbocycles. The molecule has 1 atom stereocenters. The van der Waals surface area contributed by atoms with E-state index in [2.05, 4.69) is 167 Å². The fourth-order valence-electron chi connectivity index (χ4n) is 12.6. The molecule has 2 aliphatic rings. The molecule has 0 spiro atoms. The van der Waals surface area contributed by atoms with Gasteiger partial charge in [-0.25, -0.2) is 0 Å². The van der Waals surface area contributed by atoms with Gasteiger partial charge in [0.25, 0.3) is 10.1 Å². The number of allylic oxidation sites excluding steroid dienone is 3. The fourth-order valence-corrected chi connectivity index (χ4v) is 13.5. The Kier molecular flexibility index (Phi) is 18.5. The molecule has 430 valence electrons. The van der Waals surface area contributed by atoms with Crippen molar-refractivity contribution in [3.8, 4) is 0 Å². The normalized spacial score (nSPS) is 14.3. The second kappa shape index (κ2) is 25.7. The quantitative estimate of drug-likeness (QED) is 0.0568. The number of carbonyl (C=O) groups is 2. The Hall–Kier alpha value is -7.86. The summed E-state index contributed by atoms with van der Waals surface area (Å²) in [5.74, 6) is -0.0323. The van der Waals surface area contributed by atoms with Crippen LogP contribution in [0.1, 0.15) is 160 Å². The number of fused-ring (bicyclic) bond motifs is 3.